The maximum absolute atomic E-state index is 11.1. The van der Waals surface area contributed by atoms with Crippen molar-refractivity contribution in [1.82, 2.24) is 5.32 Å². The summed E-state index contributed by atoms with van der Waals surface area (Å²) in [7, 11) is -1.23. The number of halogens is 1. The number of hydrogen-bond donors (Lipinski definition) is 1. The molecule has 0 fully saturated rings. The van der Waals surface area contributed by atoms with E-state index >= 15 is 0 Å². The van der Waals surface area contributed by atoms with E-state index in [0.717, 1.165) is 4.88 Å². The van der Waals surface area contributed by atoms with Gasteiger partial charge in [-0.05, 0) is 19.2 Å². The fourth-order valence-corrected chi connectivity index (χ4v) is 3.35. The number of sulfone groups is 1. The van der Waals surface area contributed by atoms with E-state index in [2.05, 4.69) is 5.32 Å². The fourth-order valence-electron chi connectivity index (χ4n) is 1.13. The summed E-state index contributed by atoms with van der Waals surface area (Å²) < 4.78 is 22.9. The molecule has 1 atom stereocenters. The second-order valence-corrected chi connectivity index (χ2v) is 7.01. The van der Waals surface area contributed by atoms with Crippen LogP contribution in [0.5, 0.6) is 0 Å². The molecule has 0 radical (unpaired) electrons. The van der Waals surface area contributed by atoms with Crippen LogP contribution in [0.25, 0.3) is 0 Å². The summed E-state index contributed by atoms with van der Waals surface area (Å²) in [6.07, 6.45) is 1.23. The lowest BCUT2D eigenvalue weighted by Crippen LogP contribution is -2.23. The molecule has 0 saturated carbocycles. The second-order valence-electron chi connectivity index (χ2n) is 3.08. The summed E-state index contributed by atoms with van der Waals surface area (Å²) in [5.74, 6) is 0.0976. The Balaban J connectivity index is 2.83. The van der Waals surface area contributed by atoms with Gasteiger partial charge in [0.05, 0.1) is 16.1 Å². The normalized spacial score (nSPS) is 14.2. The first-order chi connectivity index (χ1) is 6.42. The first kappa shape index (κ1) is 12.0. The van der Waals surface area contributed by atoms with Crippen molar-refractivity contribution in [3.63, 3.8) is 0 Å². The number of hydrogen-bond acceptors (Lipinski definition) is 4. The predicted octanol–water partition coefficient (Wildman–Crippen LogP) is 1.71. The van der Waals surface area contributed by atoms with Gasteiger partial charge in [-0.2, -0.15) is 0 Å². The molecule has 1 unspecified atom stereocenters. The van der Waals surface area contributed by atoms with Gasteiger partial charge in [-0.1, -0.05) is 11.6 Å². The van der Waals surface area contributed by atoms with E-state index in [1.54, 1.807) is 13.1 Å². The van der Waals surface area contributed by atoms with Gasteiger partial charge in [-0.15, -0.1) is 11.3 Å². The minimum Gasteiger partial charge on any atom is -0.311 e. The van der Waals surface area contributed by atoms with E-state index < -0.39 is 9.84 Å². The third-order valence-corrected chi connectivity index (χ3v) is 4.04. The molecule has 0 saturated heterocycles. The molecule has 0 spiro atoms. The van der Waals surface area contributed by atoms with Crippen molar-refractivity contribution in [1.29, 1.82) is 0 Å². The fraction of sp³-hybridized carbons (Fsp3) is 0.500. The molecule has 3 nitrogen and oxygen atoms in total. The maximum Gasteiger partial charge on any atom is 0.149 e. The van der Waals surface area contributed by atoms with Crippen molar-refractivity contribution in [2.24, 2.45) is 0 Å². The zero-order valence-corrected chi connectivity index (χ0v) is 10.3. The van der Waals surface area contributed by atoms with Crippen molar-refractivity contribution >= 4 is 32.8 Å². The van der Waals surface area contributed by atoms with Gasteiger partial charge < -0.3 is 5.32 Å². The van der Waals surface area contributed by atoms with Crippen LogP contribution in [0.1, 0.15) is 10.9 Å². The van der Waals surface area contributed by atoms with Gasteiger partial charge in [-0.25, -0.2) is 8.42 Å². The summed E-state index contributed by atoms with van der Waals surface area (Å²) in [6.45, 7) is 0. The van der Waals surface area contributed by atoms with Crippen LogP contribution in [0.4, 0.5) is 0 Å². The molecule has 0 aromatic carbocycles. The highest BCUT2D eigenvalue weighted by Gasteiger charge is 2.16. The molecule has 1 rings (SSSR count). The van der Waals surface area contributed by atoms with E-state index in [4.69, 9.17) is 11.6 Å². The van der Waals surface area contributed by atoms with Gasteiger partial charge in [0.2, 0.25) is 0 Å². The van der Waals surface area contributed by atoms with Crippen LogP contribution < -0.4 is 5.32 Å². The van der Waals surface area contributed by atoms with E-state index in [1.165, 1.54) is 17.6 Å². The van der Waals surface area contributed by atoms with Crippen LogP contribution in [-0.2, 0) is 9.84 Å². The molecule has 14 heavy (non-hydrogen) atoms. The average molecular weight is 254 g/mol. The highest BCUT2D eigenvalue weighted by Crippen LogP contribution is 2.27. The largest absolute Gasteiger partial charge is 0.311 e. The molecule has 1 aromatic rings. The van der Waals surface area contributed by atoms with E-state index in [1.807, 2.05) is 6.07 Å². The Bertz CT molecular complexity index is 399. The van der Waals surface area contributed by atoms with Crippen LogP contribution in [0.2, 0.25) is 4.34 Å². The van der Waals surface area contributed by atoms with E-state index in [0.29, 0.717) is 4.34 Å². The quantitative estimate of drug-likeness (QED) is 0.889. The smallest absolute Gasteiger partial charge is 0.149 e. The third kappa shape index (κ3) is 3.57. The minimum absolute atomic E-state index is 0.0976. The number of rotatable bonds is 4. The zero-order chi connectivity index (χ0) is 10.8. The van der Waals surface area contributed by atoms with E-state index in [-0.39, 0.29) is 11.8 Å². The van der Waals surface area contributed by atoms with Gasteiger partial charge in [0, 0.05) is 11.1 Å². The van der Waals surface area contributed by atoms with Crippen molar-refractivity contribution in [3.8, 4) is 0 Å². The Morgan fingerprint density at radius 1 is 1.57 bits per heavy atom. The third-order valence-electron chi connectivity index (χ3n) is 1.76. The minimum atomic E-state index is -2.97. The molecule has 80 valence electrons. The topological polar surface area (TPSA) is 46.2 Å². The Hall–Kier alpha value is -0.100. The maximum atomic E-state index is 11.1. The molecule has 0 bridgehead atoms. The van der Waals surface area contributed by atoms with Crippen LogP contribution >= 0.6 is 22.9 Å². The SMILES string of the molecule is CNC(CS(C)(=O)=O)c1ccc(Cl)s1. The van der Waals surface area contributed by atoms with Gasteiger partial charge in [0.15, 0.2) is 0 Å². The molecule has 1 heterocycles. The van der Waals surface area contributed by atoms with Crippen LogP contribution in [0, 0.1) is 0 Å². The number of thiophene rings is 1. The van der Waals surface area contributed by atoms with Crippen molar-refractivity contribution in [3.05, 3.63) is 21.3 Å². The summed E-state index contributed by atoms with van der Waals surface area (Å²) in [5.41, 5.74) is 0. The monoisotopic (exact) mass is 253 g/mol. The van der Waals surface area contributed by atoms with Crippen molar-refractivity contribution in [2.75, 3.05) is 19.1 Å². The summed E-state index contributed by atoms with van der Waals surface area (Å²) in [6, 6.07) is 3.45. The van der Waals surface area contributed by atoms with E-state index in [9.17, 15) is 8.42 Å². The first-order valence-corrected chi connectivity index (χ1v) is 7.28. The Labute approximate surface area is 93.0 Å². The highest BCUT2D eigenvalue weighted by molar-refractivity contribution is 7.90. The summed E-state index contributed by atoms with van der Waals surface area (Å²) in [5, 5.41) is 2.96. The number of nitrogens with one attached hydrogen (secondary N) is 1. The summed E-state index contributed by atoms with van der Waals surface area (Å²) in [4.78, 5) is 0.947. The van der Waals surface area contributed by atoms with Crippen LogP contribution in [0.15, 0.2) is 12.1 Å². The summed E-state index contributed by atoms with van der Waals surface area (Å²) >= 11 is 7.17. The van der Waals surface area contributed by atoms with Gasteiger partial charge >= 0.3 is 0 Å². The molecule has 0 amide bonds. The molecule has 0 aliphatic heterocycles. The van der Waals surface area contributed by atoms with Crippen molar-refractivity contribution < 1.29 is 8.42 Å². The lowest BCUT2D eigenvalue weighted by Gasteiger charge is -2.12. The lowest BCUT2D eigenvalue weighted by atomic mass is 10.3. The molecule has 6 heteroatoms. The second kappa shape index (κ2) is 4.61. The Morgan fingerprint density at radius 2 is 2.21 bits per heavy atom. The van der Waals surface area contributed by atoms with Crippen LogP contribution in [-0.4, -0.2) is 27.5 Å². The molecule has 1 N–H and O–H groups in total. The predicted molar refractivity (Wildman–Crippen MR) is 60.8 cm³/mol. The molecular weight excluding hydrogens is 242 g/mol. The van der Waals surface area contributed by atoms with Gasteiger partial charge in [0.25, 0.3) is 0 Å². The highest BCUT2D eigenvalue weighted by atomic mass is 35.5. The van der Waals surface area contributed by atoms with Gasteiger partial charge in [0.1, 0.15) is 9.84 Å². The molecule has 0 aliphatic rings. The Morgan fingerprint density at radius 3 is 2.57 bits per heavy atom. The average Bonchev–Trinajstić information content (AvgIpc) is 2.46. The molecule has 0 aliphatic carbocycles. The molecule has 1 aromatic heterocycles. The Kier molecular flexibility index (Phi) is 3.94. The zero-order valence-electron chi connectivity index (χ0n) is 7.95. The lowest BCUT2D eigenvalue weighted by molar-refractivity contribution is 0.582. The molecular formula is C8H12ClNO2S2. The standard InChI is InChI=1S/C8H12ClNO2S2/c1-10-6(5-14(2,11)12)7-3-4-8(9)13-7/h3-4,6,10H,5H2,1-2H3. The van der Waals surface area contributed by atoms with Crippen molar-refractivity contribution in [2.45, 2.75) is 6.04 Å². The van der Waals surface area contributed by atoms with Gasteiger partial charge in [-0.3, -0.25) is 0 Å². The first-order valence-electron chi connectivity index (χ1n) is 4.02. The van der Waals surface area contributed by atoms with Crippen LogP contribution in [0.3, 0.4) is 0 Å².